The van der Waals surface area contributed by atoms with Crippen molar-refractivity contribution in [3.63, 3.8) is 0 Å². The van der Waals surface area contributed by atoms with Crippen LogP contribution in [0.1, 0.15) is 41.7 Å². The lowest BCUT2D eigenvalue weighted by Gasteiger charge is -2.27. The summed E-state index contributed by atoms with van der Waals surface area (Å²) in [6.07, 6.45) is 7.02. The van der Waals surface area contributed by atoms with Crippen molar-refractivity contribution < 1.29 is 4.79 Å². The predicted molar refractivity (Wildman–Crippen MR) is 79.3 cm³/mol. The number of carbonyl (C=O) groups excluding carboxylic acids is 1. The molecule has 0 saturated heterocycles. The fourth-order valence-corrected chi connectivity index (χ4v) is 4.00. The van der Waals surface area contributed by atoms with Crippen LogP contribution in [0.25, 0.3) is 0 Å². The van der Waals surface area contributed by atoms with Gasteiger partial charge in [0.2, 0.25) is 0 Å². The summed E-state index contributed by atoms with van der Waals surface area (Å²) in [5, 5.41) is 0. The van der Waals surface area contributed by atoms with Crippen molar-refractivity contribution in [1.29, 1.82) is 0 Å². The zero-order chi connectivity index (χ0) is 14.3. The number of rotatable bonds is 3. The smallest absolute Gasteiger partial charge is 0.257 e. The molecule has 2 saturated carbocycles. The highest BCUT2D eigenvalue weighted by molar-refractivity contribution is 5.98. The topological polar surface area (TPSA) is 59.2 Å². The second-order valence-electron chi connectivity index (χ2n) is 6.53. The second-order valence-corrected chi connectivity index (χ2v) is 6.53. The molecule has 2 bridgehead atoms. The monoisotopic (exact) mass is 273 g/mol. The first-order chi connectivity index (χ1) is 9.54. The molecule has 1 aromatic rings. The summed E-state index contributed by atoms with van der Waals surface area (Å²) in [5.74, 6) is 2.43. The van der Waals surface area contributed by atoms with Crippen LogP contribution in [0, 0.1) is 24.7 Å². The first-order valence-electron chi connectivity index (χ1n) is 7.52. The average Bonchev–Trinajstić information content (AvgIpc) is 3.00. The third-order valence-corrected chi connectivity index (χ3v) is 5.04. The second kappa shape index (κ2) is 5.08. The zero-order valence-electron chi connectivity index (χ0n) is 12.3. The van der Waals surface area contributed by atoms with Crippen molar-refractivity contribution in [2.24, 2.45) is 17.8 Å². The minimum Gasteiger partial charge on any atom is -0.398 e. The molecule has 4 nitrogen and oxygen atoms in total. The summed E-state index contributed by atoms with van der Waals surface area (Å²) in [6.45, 7) is 2.73. The molecule has 0 radical (unpaired) electrons. The van der Waals surface area contributed by atoms with Crippen LogP contribution in [0.2, 0.25) is 0 Å². The summed E-state index contributed by atoms with van der Waals surface area (Å²) in [4.78, 5) is 18.5. The van der Waals surface area contributed by atoms with Gasteiger partial charge in [-0.25, -0.2) is 0 Å². The molecule has 1 heterocycles. The molecule has 1 amide bonds. The van der Waals surface area contributed by atoms with Crippen LogP contribution in [0.5, 0.6) is 0 Å². The van der Waals surface area contributed by atoms with E-state index in [1.807, 2.05) is 18.9 Å². The number of aryl methyl sites for hydroxylation is 1. The van der Waals surface area contributed by atoms with Gasteiger partial charge >= 0.3 is 0 Å². The van der Waals surface area contributed by atoms with Gasteiger partial charge in [-0.15, -0.1) is 0 Å². The number of nitrogens with zero attached hydrogens (tertiary/aromatic N) is 2. The van der Waals surface area contributed by atoms with E-state index in [0.717, 1.165) is 24.1 Å². The zero-order valence-corrected chi connectivity index (χ0v) is 12.3. The highest BCUT2D eigenvalue weighted by Gasteiger charge is 2.40. The fourth-order valence-electron chi connectivity index (χ4n) is 4.00. The van der Waals surface area contributed by atoms with E-state index in [4.69, 9.17) is 5.73 Å². The quantitative estimate of drug-likeness (QED) is 0.920. The number of amides is 1. The Kier molecular flexibility index (Phi) is 3.40. The Morgan fingerprint density at radius 2 is 2.25 bits per heavy atom. The van der Waals surface area contributed by atoms with Crippen molar-refractivity contribution in [2.45, 2.75) is 32.6 Å². The lowest BCUT2D eigenvalue weighted by Crippen LogP contribution is -2.34. The summed E-state index contributed by atoms with van der Waals surface area (Å²) in [7, 11) is 1.88. The summed E-state index contributed by atoms with van der Waals surface area (Å²) in [6, 6.07) is 1.76. The first kappa shape index (κ1) is 13.4. The van der Waals surface area contributed by atoms with Crippen molar-refractivity contribution in [3.8, 4) is 0 Å². The molecule has 2 aliphatic carbocycles. The van der Waals surface area contributed by atoms with Crippen LogP contribution >= 0.6 is 0 Å². The maximum Gasteiger partial charge on any atom is 0.257 e. The number of nitrogens with two attached hydrogens (primary N) is 1. The third kappa shape index (κ3) is 2.39. The van der Waals surface area contributed by atoms with Gasteiger partial charge in [-0.1, -0.05) is 6.42 Å². The van der Waals surface area contributed by atoms with E-state index in [9.17, 15) is 4.79 Å². The van der Waals surface area contributed by atoms with Crippen LogP contribution < -0.4 is 5.73 Å². The van der Waals surface area contributed by atoms with Gasteiger partial charge < -0.3 is 10.6 Å². The molecule has 2 N–H and O–H groups in total. The van der Waals surface area contributed by atoms with E-state index < -0.39 is 0 Å². The maximum atomic E-state index is 12.5. The van der Waals surface area contributed by atoms with Gasteiger partial charge in [0.1, 0.15) is 0 Å². The van der Waals surface area contributed by atoms with E-state index in [0.29, 0.717) is 17.2 Å². The molecule has 2 fully saturated rings. The molecule has 2 aliphatic rings. The Balaban J connectivity index is 1.67. The van der Waals surface area contributed by atoms with Crippen LogP contribution in [0.15, 0.2) is 12.3 Å². The van der Waals surface area contributed by atoms with Crippen molar-refractivity contribution in [2.75, 3.05) is 19.3 Å². The lowest BCUT2D eigenvalue weighted by atomic mass is 9.88. The van der Waals surface area contributed by atoms with Gasteiger partial charge in [-0.2, -0.15) is 0 Å². The molecule has 108 valence electrons. The Bertz CT molecular complexity index is 528. The summed E-state index contributed by atoms with van der Waals surface area (Å²) in [5.41, 5.74) is 7.84. The number of nitrogen functional groups attached to an aromatic ring is 1. The molecule has 4 heteroatoms. The largest absolute Gasteiger partial charge is 0.398 e. The van der Waals surface area contributed by atoms with E-state index in [1.165, 1.54) is 25.7 Å². The van der Waals surface area contributed by atoms with Gasteiger partial charge in [-0.05, 0) is 50.0 Å². The number of hydrogen-bond donors (Lipinski definition) is 1. The molecule has 3 rings (SSSR count). The molecular formula is C16H23N3O. The Morgan fingerprint density at radius 3 is 2.85 bits per heavy atom. The first-order valence-corrected chi connectivity index (χ1v) is 7.52. The standard InChI is InChI=1S/C16H23N3O/c1-10-5-15(17)14(8-18-10)16(20)19(2)9-13-7-11-3-4-12(13)6-11/h5,8,11-13H,3-4,6-7,9H2,1-2H3,(H2,17,18). The molecule has 20 heavy (non-hydrogen) atoms. The SMILES string of the molecule is Cc1cc(N)c(C(=O)N(C)CC2CC3CCC2C3)cn1. The fraction of sp³-hybridized carbons (Fsp3) is 0.625. The third-order valence-electron chi connectivity index (χ3n) is 5.04. The number of anilines is 1. The van der Waals surface area contributed by atoms with Crippen molar-refractivity contribution >= 4 is 11.6 Å². The highest BCUT2D eigenvalue weighted by atomic mass is 16.2. The number of pyridine rings is 1. The Hall–Kier alpha value is -1.58. The molecule has 0 aliphatic heterocycles. The number of fused-ring (bicyclic) bond motifs is 2. The number of hydrogen-bond acceptors (Lipinski definition) is 3. The molecule has 3 atom stereocenters. The molecule has 0 spiro atoms. The molecular weight excluding hydrogens is 250 g/mol. The van der Waals surface area contributed by atoms with E-state index in [2.05, 4.69) is 4.98 Å². The van der Waals surface area contributed by atoms with Crippen molar-refractivity contribution in [1.82, 2.24) is 9.88 Å². The molecule has 3 unspecified atom stereocenters. The average molecular weight is 273 g/mol. The van der Waals surface area contributed by atoms with Crippen LogP contribution in [-0.4, -0.2) is 29.4 Å². The van der Waals surface area contributed by atoms with Crippen molar-refractivity contribution in [3.05, 3.63) is 23.5 Å². The summed E-state index contributed by atoms with van der Waals surface area (Å²) < 4.78 is 0. The van der Waals surface area contributed by atoms with Gasteiger partial charge in [0.15, 0.2) is 0 Å². The Morgan fingerprint density at radius 1 is 1.45 bits per heavy atom. The van der Waals surface area contributed by atoms with E-state index in [-0.39, 0.29) is 5.91 Å². The lowest BCUT2D eigenvalue weighted by molar-refractivity contribution is 0.0755. The van der Waals surface area contributed by atoms with Gasteiger partial charge in [0.25, 0.3) is 5.91 Å². The predicted octanol–water partition coefficient (Wildman–Crippen LogP) is 2.48. The van der Waals surface area contributed by atoms with Gasteiger partial charge in [0, 0.05) is 31.2 Å². The van der Waals surface area contributed by atoms with Gasteiger partial charge in [0.05, 0.1) is 5.56 Å². The summed E-state index contributed by atoms with van der Waals surface area (Å²) >= 11 is 0. The van der Waals surface area contributed by atoms with Crippen LogP contribution in [0.4, 0.5) is 5.69 Å². The normalized spacial score (nSPS) is 27.8. The Labute approximate surface area is 120 Å². The minimum atomic E-state index is -0.00206. The maximum absolute atomic E-state index is 12.5. The van der Waals surface area contributed by atoms with E-state index in [1.54, 1.807) is 12.3 Å². The number of aromatic nitrogens is 1. The highest BCUT2D eigenvalue weighted by Crippen LogP contribution is 2.48. The van der Waals surface area contributed by atoms with Gasteiger partial charge in [-0.3, -0.25) is 9.78 Å². The minimum absolute atomic E-state index is 0.00206. The number of carbonyl (C=O) groups is 1. The van der Waals surface area contributed by atoms with Crippen LogP contribution in [0.3, 0.4) is 0 Å². The molecule has 0 aromatic carbocycles. The molecule has 1 aromatic heterocycles. The van der Waals surface area contributed by atoms with Crippen LogP contribution in [-0.2, 0) is 0 Å². The van der Waals surface area contributed by atoms with E-state index >= 15 is 0 Å².